The summed E-state index contributed by atoms with van der Waals surface area (Å²) < 4.78 is 0. The number of aliphatic carboxylic acids is 1. The van der Waals surface area contributed by atoms with E-state index in [0.717, 1.165) is 18.4 Å². The zero-order valence-corrected chi connectivity index (χ0v) is 15.9. The number of hydrogen-bond donors (Lipinski definition) is 3. The van der Waals surface area contributed by atoms with Crippen LogP contribution in [0.15, 0.2) is 23.1 Å². The summed E-state index contributed by atoms with van der Waals surface area (Å²) in [5, 5.41) is 14.8. The molecule has 0 radical (unpaired) electrons. The normalized spacial score (nSPS) is 19.4. The lowest BCUT2D eigenvalue weighted by Gasteiger charge is -2.42. The molecule has 3 N–H and O–H groups in total. The van der Waals surface area contributed by atoms with Crippen molar-refractivity contribution in [1.82, 2.24) is 15.5 Å². The van der Waals surface area contributed by atoms with Crippen molar-refractivity contribution in [1.29, 1.82) is 0 Å². The van der Waals surface area contributed by atoms with E-state index in [2.05, 4.69) is 23.6 Å². The molecule has 1 aliphatic rings. The van der Waals surface area contributed by atoms with Crippen LogP contribution in [0.5, 0.6) is 0 Å². The molecule has 2 amide bonds. The third kappa shape index (κ3) is 5.64. The first-order chi connectivity index (χ1) is 11.9. The Hall–Kier alpha value is -1.73. The molecule has 1 aromatic rings. The topological polar surface area (TPSA) is 81.7 Å². The van der Waals surface area contributed by atoms with Gasteiger partial charge in [-0.3, -0.25) is 9.69 Å². The van der Waals surface area contributed by atoms with Crippen LogP contribution in [0, 0.1) is 6.92 Å². The van der Waals surface area contributed by atoms with E-state index in [0.29, 0.717) is 13.1 Å². The highest BCUT2D eigenvalue weighted by Gasteiger charge is 2.34. The highest BCUT2D eigenvalue weighted by molar-refractivity contribution is 7.98. The number of nitrogens with zero attached hydrogens (tertiary/aromatic N) is 1. The predicted octanol–water partition coefficient (Wildman–Crippen LogP) is 2.45. The van der Waals surface area contributed by atoms with Crippen molar-refractivity contribution < 1.29 is 14.7 Å². The average molecular weight is 365 g/mol. The summed E-state index contributed by atoms with van der Waals surface area (Å²) in [5.41, 5.74) is 2.32. The molecular weight excluding hydrogens is 338 g/mol. The van der Waals surface area contributed by atoms with E-state index in [1.54, 1.807) is 11.8 Å². The smallest absolute Gasteiger partial charge is 0.317 e. The highest BCUT2D eigenvalue weighted by atomic mass is 32.2. The molecule has 138 valence electrons. The van der Waals surface area contributed by atoms with Gasteiger partial charge in [0.25, 0.3) is 0 Å². The van der Waals surface area contributed by atoms with Crippen molar-refractivity contribution in [2.24, 2.45) is 0 Å². The van der Waals surface area contributed by atoms with E-state index in [4.69, 9.17) is 5.11 Å². The molecule has 0 atom stereocenters. The molecule has 6 nitrogen and oxygen atoms in total. The van der Waals surface area contributed by atoms with Crippen LogP contribution in [0.3, 0.4) is 0 Å². The Labute approximate surface area is 153 Å². The molecule has 0 unspecified atom stereocenters. The fraction of sp³-hybridized carbons (Fsp3) is 0.556. The van der Waals surface area contributed by atoms with Gasteiger partial charge in [-0.15, -0.1) is 11.8 Å². The highest BCUT2D eigenvalue weighted by Crippen LogP contribution is 2.25. The fourth-order valence-electron chi connectivity index (χ4n) is 3.09. The van der Waals surface area contributed by atoms with Gasteiger partial charge in [0.1, 0.15) is 0 Å². The quantitative estimate of drug-likeness (QED) is 0.617. The number of thioether (sulfide) groups is 1. The Morgan fingerprint density at radius 2 is 2.08 bits per heavy atom. The monoisotopic (exact) mass is 365 g/mol. The minimum absolute atomic E-state index is 0.0605. The second-order valence-electron chi connectivity index (χ2n) is 6.42. The minimum Gasteiger partial charge on any atom is -0.480 e. The maximum Gasteiger partial charge on any atom is 0.317 e. The van der Waals surface area contributed by atoms with E-state index in [9.17, 15) is 9.59 Å². The lowest BCUT2D eigenvalue weighted by Crippen LogP contribution is -2.56. The second kappa shape index (κ2) is 9.10. The van der Waals surface area contributed by atoms with Crippen LogP contribution in [-0.2, 0) is 11.3 Å². The van der Waals surface area contributed by atoms with Gasteiger partial charge in [-0.2, -0.15) is 0 Å². The van der Waals surface area contributed by atoms with E-state index in [-0.39, 0.29) is 24.7 Å². The number of hydrogen-bond acceptors (Lipinski definition) is 4. The second-order valence-corrected chi connectivity index (χ2v) is 7.27. The molecule has 1 fully saturated rings. The van der Waals surface area contributed by atoms with Crippen LogP contribution in [0.1, 0.15) is 30.9 Å². The zero-order chi connectivity index (χ0) is 18.4. The van der Waals surface area contributed by atoms with Gasteiger partial charge in [-0.25, -0.2) is 4.79 Å². The molecule has 0 aliphatic heterocycles. The van der Waals surface area contributed by atoms with E-state index in [1.165, 1.54) is 10.5 Å². The third-order valence-corrected chi connectivity index (χ3v) is 5.41. The molecule has 1 saturated carbocycles. The van der Waals surface area contributed by atoms with Crippen LogP contribution in [-0.4, -0.2) is 53.4 Å². The summed E-state index contributed by atoms with van der Waals surface area (Å²) in [6.45, 7) is 5.28. The number of amides is 2. The van der Waals surface area contributed by atoms with Gasteiger partial charge < -0.3 is 15.7 Å². The van der Waals surface area contributed by atoms with E-state index in [1.807, 2.05) is 30.2 Å². The van der Waals surface area contributed by atoms with Crippen molar-refractivity contribution in [2.45, 2.75) is 50.2 Å². The summed E-state index contributed by atoms with van der Waals surface area (Å²) in [4.78, 5) is 26.0. The number of carboxylic acids is 1. The maximum atomic E-state index is 12.1. The molecule has 0 aromatic heterocycles. The SMILES string of the molecule is CCN(CC(=O)O)C1CC(NC(=O)NCc2ccc(C)cc2SC)C1. The number of rotatable bonds is 8. The first-order valence-corrected chi connectivity index (χ1v) is 9.79. The Morgan fingerprint density at radius 1 is 1.36 bits per heavy atom. The molecule has 2 rings (SSSR count). The number of carbonyl (C=O) groups excluding carboxylic acids is 1. The molecule has 1 aromatic carbocycles. The molecular formula is C18H27N3O3S. The number of nitrogens with one attached hydrogen (secondary N) is 2. The van der Waals surface area contributed by atoms with Gasteiger partial charge in [-0.1, -0.05) is 19.1 Å². The van der Waals surface area contributed by atoms with Gasteiger partial charge in [0.2, 0.25) is 0 Å². The maximum absolute atomic E-state index is 12.1. The standard InChI is InChI=1S/C18H27N3O3S/c1-4-21(11-17(22)23)15-8-14(9-15)20-18(24)19-10-13-6-5-12(2)7-16(13)25-3/h5-7,14-15H,4,8-11H2,1-3H3,(H,22,23)(H2,19,20,24). The molecule has 0 spiro atoms. The van der Waals surface area contributed by atoms with Crippen LogP contribution < -0.4 is 10.6 Å². The number of aryl methyl sites for hydroxylation is 1. The Balaban J connectivity index is 1.74. The fourth-order valence-corrected chi connectivity index (χ4v) is 3.79. The van der Waals surface area contributed by atoms with Crippen LogP contribution in [0.25, 0.3) is 0 Å². The van der Waals surface area contributed by atoms with Crippen molar-refractivity contribution in [2.75, 3.05) is 19.3 Å². The number of likely N-dealkylation sites (N-methyl/N-ethyl adjacent to an activating group) is 1. The average Bonchev–Trinajstić information content (AvgIpc) is 2.54. The summed E-state index contributed by atoms with van der Waals surface area (Å²) in [6.07, 6.45) is 3.63. The molecule has 0 heterocycles. The van der Waals surface area contributed by atoms with Crippen LogP contribution in [0.4, 0.5) is 4.79 Å². The van der Waals surface area contributed by atoms with Crippen molar-refractivity contribution in [3.8, 4) is 0 Å². The number of benzene rings is 1. The summed E-state index contributed by atoms with van der Waals surface area (Å²) >= 11 is 1.68. The lowest BCUT2D eigenvalue weighted by atomic mass is 9.85. The molecule has 0 saturated heterocycles. The first-order valence-electron chi connectivity index (χ1n) is 8.56. The minimum atomic E-state index is -0.807. The van der Waals surface area contributed by atoms with E-state index >= 15 is 0 Å². The summed E-state index contributed by atoms with van der Waals surface area (Å²) in [7, 11) is 0. The van der Waals surface area contributed by atoms with Crippen molar-refractivity contribution in [3.05, 3.63) is 29.3 Å². The lowest BCUT2D eigenvalue weighted by molar-refractivity contribution is -0.139. The third-order valence-electron chi connectivity index (χ3n) is 4.59. The number of carbonyl (C=O) groups is 2. The largest absolute Gasteiger partial charge is 0.480 e. The predicted molar refractivity (Wildman–Crippen MR) is 100 cm³/mol. The van der Waals surface area contributed by atoms with Gasteiger partial charge in [0, 0.05) is 23.5 Å². The Morgan fingerprint density at radius 3 is 2.68 bits per heavy atom. The molecule has 7 heteroatoms. The number of urea groups is 1. The van der Waals surface area contributed by atoms with Crippen LogP contribution in [0.2, 0.25) is 0 Å². The Kier molecular flexibility index (Phi) is 7.13. The van der Waals surface area contributed by atoms with Crippen molar-refractivity contribution >= 4 is 23.8 Å². The van der Waals surface area contributed by atoms with Gasteiger partial charge in [0.15, 0.2) is 0 Å². The Bertz CT molecular complexity index is 618. The van der Waals surface area contributed by atoms with Crippen molar-refractivity contribution in [3.63, 3.8) is 0 Å². The van der Waals surface area contributed by atoms with Crippen LogP contribution >= 0.6 is 11.8 Å². The summed E-state index contributed by atoms with van der Waals surface area (Å²) in [5.74, 6) is -0.807. The van der Waals surface area contributed by atoms with Gasteiger partial charge in [-0.05, 0) is 49.8 Å². The van der Waals surface area contributed by atoms with Gasteiger partial charge >= 0.3 is 12.0 Å². The summed E-state index contributed by atoms with van der Waals surface area (Å²) in [6, 6.07) is 6.41. The molecule has 0 bridgehead atoms. The molecule has 25 heavy (non-hydrogen) atoms. The first kappa shape index (κ1) is 19.6. The molecule has 1 aliphatic carbocycles. The van der Waals surface area contributed by atoms with Gasteiger partial charge in [0.05, 0.1) is 6.54 Å². The number of carboxylic acid groups (broad SMARTS) is 1. The zero-order valence-electron chi connectivity index (χ0n) is 15.0. The van der Waals surface area contributed by atoms with E-state index < -0.39 is 5.97 Å².